The van der Waals surface area contributed by atoms with Gasteiger partial charge in [-0.3, -0.25) is 0 Å². The third-order valence-electron chi connectivity index (χ3n) is 3.88. The maximum atomic E-state index is 13.8. The first kappa shape index (κ1) is 12.8. The fraction of sp³-hybridized carbons (Fsp3) is 0.571. The predicted molar refractivity (Wildman–Crippen MR) is 69.6 cm³/mol. The Morgan fingerprint density at radius 3 is 2.71 bits per heavy atom. The van der Waals surface area contributed by atoms with Crippen LogP contribution in [0.1, 0.15) is 31.2 Å². The highest BCUT2D eigenvalue weighted by atomic mass is 35.5. The smallest absolute Gasteiger partial charge is 0.144 e. The van der Waals surface area contributed by atoms with E-state index in [1.807, 2.05) is 12.1 Å². The molecule has 1 atom stereocenters. The zero-order valence-electron chi connectivity index (χ0n) is 9.96. The summed E-state index contributed by atoms with van der Waals surface area (Å²) in [6.45, 7) is 0.636. The van der Waals surface area contributed by atoms with Crippen molar-refractivity contribution in [1.29, 1.82) is 0 Å². The molecule has 1 nitrogen and oxygen atoms in total. The summed E-state index contributed by atoms with van der Waals surface area (Å²) in [6, 6.07) is 5.22. The number of nitrogens with two attached hydrogens (primary N) is 1. The van der Waals surface area contributed by atoms with Crippen molar-refractivity contribution in [3.05, 3.63) is 34.6 Å². The van der Waals surface area contributed by atoms with E-state index < -0.39 is 0 Å². The van der Waals surface area contributed by atoms with E-state index >= 15 is 0 Å². The van der Waals surface area contributed by atoms with Crippen molar-refractivity contribution in [1.82, 2.24) is 0 Å². The van der Waals surface area contributed by atoms with Gasteiger partial charge in [0, 0.05) is 0 Å². The van der Waals surface area contributed by atoms with Crippen LogP contribution in [-0.2, 0) is 6.42 Å². The molecule has 2 rings (SSSR count). The molecule has 0 aliphatic heterocycles. The molecule has 94 valence electrons. The van der Waals surface area contributed by atoms with E-state index in [4.69, 9.17) is 17.3 Å². The van der Waals surface area contributed by atoms with Gasteiger partial charge in [-0.25, -0.2) is 4.39 Å². The van der Waals surface area contributed by atoms with E-state index in [0.717, 1.165) is 0 Å². The molecule has 0 aromatic heterocycles. The average molecular weight is 256 g/mol. The lowest BCUT2D eigenvalue weighted by Crippen LogP contribution is -2.24. The molecule has 0 heterocycles. The first-order valence-corrected chi connectivity index (χ1v) is 6.73. The van der Waals surface area contributed by atoms with Crippen molar-refractivity contribution in [3.63, 3.8) is 0 Å². The Balaban J connectivity index is 2.09. The predicted octanol–water partition coefficient (Wildman–Crippen LogP) is 3.79. The van der Waals surface area contributed by atoms with Gasteiger partial charge in [0.25, 0.3) is 0 Å². The normalized spacial score (nSPS) is 18.5. The summed E-state index contributed by atoms with van der Waals surface area (Å²) in [5.41, 5.74) is 6.54. The molecule has 0 saturated heterocycles. The summed E-state index contributed by atoms with van der Waals surface area (Å²) in [5.74, 6) is 0.787. The molecule has 0 radical (unpaired) electrons. The van der Waals surface area contributed by atoms with E-state index in [9.17, 15) is 4.39 Å². The number of rotatable bonds is 4. The highest BCUT2D eigenvalue weighted by molar-refractivity contribution is 6.30. The van der Waals surface area contributed by atoms with Crippen molar-refractivity contribution in [2.75, 3.05) is 6.54 Å². The van der Waals surface area contributed by atoms with Gasteiger partial charge in [0.1, 0.15) is 5.82 Å². The van der Waals surface area contributed by atoms with Crippen molar-refractivity contribution < 1.29 is 4.39 Å². The second-order valence-electron chi connectivity index (χ2n) is 4.96. The monoisotopic (exact) mass is 255 g/mol. The lowest BCUT2D eigenvalue weighted by atomic mass is 9.85. The first-order chi connectivity index (χ1) is 8.22. The highest BCUT2D eigenvalue weighted by Gasteiger charge is 2.25. The molecule has 3 heteroatoms. The van der Waals surface area contributed by atoms with Crippen LogP contribution in [0.4, 0.5) is 4.39 Å². The molecule has 1 aromatic carbocycles. The van der Waals surface area contributed by atoms with Crippen molar-refractivity contribution in [3.8, 4) is 0 Å². The number of benzene rings is 1. The summed E-state index contributed by atoms with van der Waals surface area (Å²) in [6.07, 6.45) is 5.78. The third kappa shape index (κ3) is 2.99. The molecule has 0 amide bonds. The zero-order chi connectivity index (χ0) is 12.3. The Morgan fingerprint density at radius 2 is 2.06 bits per heavy atom. The van der Waals surface area contributed by atoms with Gasteiger partial charge in [-0.2, -0.15) is 0 Å². The fourth-order valence-corrected chi connectivity index (χ4v) is 3.05. The molecular weight excluding hydrogens is 237 g/mol. The van der Waals surface area contributed by atoms with Crippen molar-refractivity contribution in [2.45, 2.75) is 32.1 Å². The van der Waals surface area contributed by atoms with Gasteiger partial charge < -0.3 is 5.73 Å². The Kier molecular flexibility index (Phi) is 4.41. The van der Waals surface area contributed by atoms with Crippen molar-refractivity contribution in [2.24, 2.45) is 17.6 Å². The van der Waals surface area contributed by atoms with Gasteiger partial charge in [0.05, 0.1) is 5.02 Å². The van der Waals surface area contributed by atoms with Crippen LogP contribution < -0.4 is 5.73 Å². The van der Waals surface area contributed by atoms with Crippen LogP contribution in [-0.4, -0.2) is 6.54 Å². The summed E-state index contributed by atoms with van der Waals surface area (Å²) in [5, 5.41) is 0.213. The molecule has 1 unspecified atom stereocenters. The fourth-order valence-electron chi connectivity index (χ4n) is 2.86. The van der Waals surface area contributed by atoms with E-state index in [1.54, 1.807) is 6.07 Å². The van der Waals surface area contributed by atoms with Crippen LogP contribution in [0, 0.1) is 17.7 Å². The molecule has 0 spiro atoms. The first-order valence-electron chi connectivity index (χ1n) is 6.35. The van der Waals surface area contributed by atoms with Crippen LogP contribution in [0.3, 0.4) is 0 Å². The van der Waals surface area contributed by atoms with Crippen LogP contribution in [0.5, 0.6) is 0 Å². The average Bonchev–Trinajstić information content (AvgIpc) is 2.85. The van der Waals surface area contributed by atoms with E-state index in [0.29, 0.717) is 30.4 Å². The van der Waals surface area contributed by atoms with Crippen molar-refractivity contribution >= 4 is 11.6 Å². The largest absolute Gasteiger partial charge is 0.330 e. The van der Waals surface area contributed by atoms with Gasteiger partial charge in [-0.1, -0.05) is 49.4 Å². The molecular formula is C14H19ClFN. The number of halogens is 2. The molecule has 1 aliphatic carbocycles. The Hall–Kier alpha value is -0.600. The third-order valence-corrected chi connectivity index (χ3v) is 4.17. The molecule has 1 fully saturated rings. The summed E-state index contributed by atoms with van der Waals surface area (Å²) < 4.78 is 13.8. The standard InChI is InChI=1S/C14H19ClFN/c15-13-7-3-6-11(14(13)16)8-12(9-17)10-4-1-2-5-10/h3,6-7,10,12H,1-2,4-5,8-9,17H2. The topological polar surface area (TPSA) is 26.0 Å². The lowest BCUT2D eigenvalue weighted by Gasteiger charge is -2.22. The van der Waals surface area contributed by atoms with Crippen LogP contribution >= 0.6 is 11.6 Å². The molecule has 1 saturated carbocycles. The zero-order valence-corrected chi connectivity index (χ0v) is 10.7. The van der Waals surface area contributed by atoms with Crippen LogP contribution in [0.15, 0.2) is 18.2 Å². The SMILES string of the molecule is NCC(Cc1cccc(Cl)c1F)C1CCCC1. The quantitative estimate of drug-likeness (QED) is 0.871. The molecule has 2 N–H and O–H groups in total. The minimum Gasteiger partial charge on any atom is -0.330 e. The Bertz CT molecular complexity index is 374. The molecule has 1 aliphatic rings. The molecule has 17 heavy (non-hydrogen) atoms. The highest BCUT2D eigenvalue weighted by Crippen LogP contribution is 2.33. The lowest BCUT2D eigenvalue weighted by molar-refractivity contribution is 0.341. The Morgan fingerprint density at radius 1 is 1.35 bits per heavy atom. The van der Waals surface area contributed by atoms with Gasteiger partial charge in [-0.15, -0.1) is 0 Å². The van der Waals surface area contributed by atoms with E-state index in [-0.39, 0.29) is 10.8 Å². The van der Waals surface area contributed by atoms with Gasteiger partial charge in [-0.05, 0) is 36.4 Å². The minimum atomic E-state index is -0.273. The van der Waals surface area contributed by atoms with Crippen LogP contribution in [0.25, 0.3) is 0 Å². The van der Waals surface area contributed by atoms with Crippen LogP contribution in [0.2, 0.25) is 5.02 Å². The Labute approximate surface area is 107 Å². The van der Waals surface area contributed by atoms with Gasteiger partial charge in [0.15, 0.2) is 0 Å². The molecule has 1 aromatic rings. The number of hydrogen-bond acceptors (Lipinski definition) is 1. The van der Waals surface area contributed by atoms with E-state index in [2.05, 4.69) is 0 Å². The minimum absolute atomic E-state index is 0.213. The maximum absolute atomic E-state index is 13.8. The maximum Gasteiger partial charge on any atom is 0.144 e. The second kappa shape index (κ2) is 5.83. The summed E-state index contributed by atoms with van der Waals surface area (Å²) in [4.78, 5) is 0. The second-order valence-corrected chi connectivity index (χ2v) is 5.36. The summed E-state index contributed by atoms with van der Waals surface area (Å²) in [7, 11) is 0. The molecule has 0 bridgehead atoms. The van der Waals surface area contributed by atoms with Gasteiger partial charge >= 0.3 is 0 Å². The number of hydrogen-bond donors (Lipinski definition) is 1. The van der Waals surface area contributed by atoms with Gasteiger partial charge in [0.2, 0.25) is 0 Å². The summed E-state index contributed by atoms with van der Waals surface area (Å²) >= 11 is 5.79. The van der Waals surface area contributed by atoms with E-state index in [1.165, 1.54) is 25.7 Å².